The van der Waals surface area contributed by atoms with Crippen LogP contribution in [0.25, 0.3) is 5.69 Å². The van der Waals surface area contributed by atoms with E-state index in [0.29, 0.717) is 15.2 Å². The predicted molar refractivity (Wildman–Crippen MR) is 155 cm³/mol. The lowest BCUT2D eigenvalue weighted by Gasteiger charge is -2.28. The number of thiocarbonyl (C=S) groups is 1. The highest BCUT2D eigenvalue weighted by atomic mass is 35.5. The van der Waals surface area contributed by atoms with Crippen molar-refractivity contribution in [2.75, 3.05) is 4.90 Å². The van der Waals surface area contributed by atoms with Crippen LogP contribution >= 0.6 is 35.4 Å². The van der Waals surface area contributed by atoms with Crippen molar-refractivity contribution in [3.63, 3.8) is 0 Å². The van der Waals surface area contributed by atoms with Gasteiger partial charge in [-0.05, 0) is 100 Å². The van der Waals surface area contributed by atoms with Crippen molar-refractivity contribution in [1.82, 2.24) is 14.9 Å². The molecular formula is C29H28Cl2N4OS. The van der Waals surface area contributed by atoms with Crippen molar-refractivity contribution in [3.8, 4) is 11.4 Å². The maximum Gasteiger partial charge on any atom is 0.174 e. The van der Waals surface area contributed by atoms with Crippen LogP contribution in [0.3, 0.4) is 0 Å². The fourth-order valence-corrected chi connectivity index (χ4v) is 5.76. The number of aromatic nitrogens is 2. The van der Waals surface area contributed by atoms with Gasteiger partial charge in [-0.15, -0.1) is 0 Å². The van der Waals surface area contributed by atoms with Crippen molar-refractivity contribution in [2.24, 2.45) is 0 Å². The molecule has 3 heterocycles. The second-order valence-electron chi connectivity index (χ2n) is 9.39. The molecule has 1 aliphatic heterocycles. The van der Waals surface area contributed by atoms with Crippen LogP contribution in [0.15, 0.2) is 72.9 Å². The second-order valence-corrected chi connectivity index (χ2v) is 10.6. The van der Waals surface area contributed by atoms with E-state index in [1.165, 1.54) is 0 Å². The van der Waals surface area contributed by atoms with Gasteiger partial charge < -0.3 is 19.5 Å². The number of benzene rings is 2. The molecule has 2 aromatic carbocycles. The Kier molecular flexibility index (Phi) is 7.17. The van der Waals surface area contributed by atoms with Crippen LogP contribution in [-0.4, -0.2) is 20.8 Å². The number of anilines is 1. The summed E-state index contributed by atoms with van der Waals surface area (Å²) in [6.45, 7) is 8.21. The number of pyridine rings is 1. The average Bonchev–Trinajstić information content (AvgIpc) is 3.37. The molecule has 1 N–H and O–H groups in total. The fourth-order valence-electron chi connectivity index (χ4n) is 5.03. The minimum Gasteiger partial charge on any atom is -0.491 e. The number of ether oxygens (including phenoxy) is 1. The first kappa shape index (κ1) is 25.6. The minimum absolute atomic E-state index is 0.102. The zero-order valence-corrected chi connectivity index (χ0v) is 23.4. The van der Waals surface area contributed by atoms with E-state index in [-0.39, 0.29) is 18.2 Å². The van der Waals surface area contributed by atoms with Gasteiger partial charge in [-0.25, -0.2) is 0 Å². The summed E-state index contributed by atoms with van der Waals surface area (Å²) >= 11 is 18.9. The van der Waals surface area contributed by atoms with Gasteiger partial charge in [0.2, 0.25) is 0 Å². The summed E-state index contributed by atoms with van der Waals surface area (Å²) in [7, 11) is 0. The number of halogens is 2. The van der Waals surface area contributed by atoms with Crippen molar-refractivity contribution >= 4 is 46.2 Å². The molecule has 0 spiro atoms. The highest BCUT2D eigenvalue weighted by molar-refractivity contribution is 7.80. The Morgan fingerprint density at radius 3 is 2.43 bits per heavy atom. The molecule has 0 unspecified atom stereocenters. The van der Waals surface area contributed by atoms with Crippen LogP contribution in [0.1, 0.15) is 48.6 Å². The van der Waals surface area contributed by atoms with Gasteiger partial charge in [0.15, 0.2) is 5.11 Å². The molecule has 5 rings (SSSR count). The van der Waals surface area contributed by atoms with E-state index >= 15 is 0 Å². The van der Waals surface area contributed by atoms with Crippen LogP contribution in [0.2, 0.25) is 10.0 Å². The van der Waals surface area contributed by atoms with Crippen molar-refractivity contribution in [1.29, 1.82) is 0 Å². The van der Waals surface area contributed by atoms with Crippen molar-refractivity contribution in [3.05, 3.63) is 106 Å². The van der Waals surface area contributed by atoms with Gasteiger partial charge in [0.1, 0.15) is 5.75 Å². The van der Waals surface area contributed by atoms with Crippen LogP contribution < -0.4 is 15.0 Å². The third-order valence-corrected chi connectivity index (χ3v) is 7.67. The number of aryl methyl sites for hydroxylation is 1. The van der Waals surface area contributed by atoms with E-state index in [4.69, 9.17) is 40.2 Å². The Morgan fingerprint density at radius 1 is 1.00 bits per heavy atom. The summed E-state index contributed by atoms with van der Waals surface area (Å²) in [6.07, 6.45) is 1.91. The Labute approximate surface area is 233 Å². The Bertz CT molecular complexity index is 1440. The summed E-state index contributed by atoms with van der Waals surface area (Å²) < 4.78 is 8.02. The molecule has 5 nitrogen and oxygen atoms in total. The van der Waals surface area contributed by atoms with Gasteiger partial charge in [0.05, 0.1) is 39.6 Å². The highest BCUT2D eigenvalue weighted by Crippen LogP contribution is 2.44. The number of hydrogen-bond donors (Lipinski definition) is 1. The maximum atomic E-state index is 6.65. The van der Waals surface area contributed by atoms with Crippen LogP contribution in [0.5, 0.6) is 5.75 Å². The zero-order valence-electron chi connectivity index (χ0n) is 21.1. The van der Waals surface area contributed by atoms with Gasteiger partial charge in [-0.1, -0.05) is 35.3 Å². The van der Waals surface area contributed by atoms with E-state index < -0.39 is 0 Å². The first-order valence-electron chi connectivity index (χ1n) is 12.2. The SMILES string of the molecule is Cc1cc([C@H]2[C@H](c3ccccn3)NC(=S)N2c2ccc(OC(C)C)cc2)c(C)n1-c1cccc(Cl)c1Cl. The van der Waals surface area contributed by atoms with Gasteiger partial charge in [0, 0.05) is 23.3 Å². The van der Waals surface area contributed by atoms with Gasteiger partial charge in [-0.2, -0.15) is 0 Å². The van der Waals surface area contributed by atoms with Crippen LogP contribution in [0, 0.1) is 13.8 Å². The van der Waals surface area contributed by atoms with Gasteiger partial charge in [-0.3, -0.25) is 4.98 Å². The molecule has 8 heteroatoms. The second kappa shape index (κ2) is 10.4. The quantitative estimate of drug-likeness (QED) is 0.248. The van der Waals surface area contributed by atoms with Gasteiger partial charge >= 0.3 is 0 Å². The van der Waals surface area contributed by atoms with Crippen LogP contribution in [-0.2, 0) is 0 Å². The molecule has 0 amide bonds. The number of hydrogen-bond acceptors (Lipinski definition) is 3. The summed E-state index contributed by atoms with van der Waals surface area (Å²) in [6, 6.07) is 21.6. The summed E-state index contributed by atoms with van der Waals surface area (Å²) in [4.78, 5) is 6.84. The molecule has 0 radical (unpaired) electrons. The summed E-state index contributed by atoms with van der Waals surface area (Å²) in [5.41, 5.74) is 5.98. The molecule has 4 aromatic rings. The zero-order chi connectivity index (χ0) is 26.3. The van der Waals surface area contributed by atoms with E-state index in [2.05, 4.69) is 39.7 Å². The molecule has 1 saturated heterocycles. The van der Waals surface area contributed by atoms with Crippen LogP contribution in [0.4, 0.5) is 5.69 Å². The van der Waals surface area contributed by atoms with E-state index in [0.717, 1.165) is 39.8 Å². The molecular weight excluding hydrogens is 523 g/mol. The van der Waals surface area contributed by atoms with Gasteiger partial charge in [0.25, 0.3) is 0 Å². The smallest absolute Gasteiger partial charge is 0.174 e. The molecule has 37 heavy (non-hydrogen) atoms. The summed E-state index contributed by atoms with van der Waals surface area (Å²) in [5.74, 6) is 0.823. The van der Waals surface area contributed by atoms with E-state index in [1.807, 2.05) is 74.6 Å². The lowest BCUT2D eigenvalue weighted by molar-refractivity contribution is 0.242. The lowest BCUT2D eigenvalue weighted by atomic mass is 9.96. The third kappa shape index (κ3) is 4.81. The highest BCUT2D eigenvalue weighted by Gasteiger charge is 2.42. The van der Waals surface area contributed by atoms with Crippen molar-refractivity contribution < 1.29 is 4.74 Å². The third-order valence-electron chi connectivity index (χ3n) is 6.55. The first-order chi connectivity index (χ1) is 17.8. The molecule has 190 valence electrons. The number of nitrogens with zero attached hydrogens (tertiary/aromatic N) is 3. The molecule has 1 aliphatic rings. The number of rotatable bonds is 6. The maximum absolute atomic E-state index is 6.65. The topological polar surface area (TPSA) is 42.3 Å². The Morgan fingerprint density at radius 2 is 1.76 bits per heavy atom. The first-order valence-corrected chi connectivity index (χ1v) is 13.3. The van der Waals surface area contributed by atoms with E-state index in [9.17, 15) is 0 Å². The Balaban J connectivity index is 1.64. The molecule has 0 saturated carbocycles. The average molecular weight is 552 g/mol. The fraction of sp³-hybridized carbons (Fsp3) is 0.241. The summed E-state index contributed by atoms with van der Waals surface area (Å²) in [5, 5.41) is 5.23. The molecule has 2 atom stereocenters. The number of nitrogens with one attached hydrogen (secondary N) is 1. The molecule has 0 aliphatic carbocycles. The molecule has 1 fully saturated rings. The monoisotopic (exact) mass is 550 g/mol. The lowest BCUT2D eigenvalue weighted by Crippen LogP contribution is -2.29. The Hall–Kier alpha value is -3.06. The molecule has 2 aromatic heterocycles. The molecule has 0 bridgehead atoms. The minimum atomic E-state index is -0.149. The standard InChI is InChI=1S/C29H28Cl2N4OS/c1-17(2)36-21-13-11-20(12-14-21)35-28(27(33-29(35)37)24-9-5-6-15-32-24)22-16-18(3)34(19(22)4)25-10-7-8-23(30)26(25)31/h5-17,27-28H,1-4H3,(H,33,37)/t27-,28-/m0/s1. The van der Waals surface area contributed by atoms with E-state index in [1.54, 1.807) is 6.07 Å². The normalized spacial score (nSPS) is 17.4. The largest absolute Gasteiger partial charge is 0.491 e. The predicted octanol–water partition coefficient (Wildman–Crippen LogP) is 7.76. The van der Waals surface area contributed by atoms with Crippen molar-refractivity contribution in [2.45, 2.75) is 45.9 Å².